The van der Waals surface area contributed by atoms with E-state index in [-0.39, 0.29) is 25.7 Å². The number of aryl methyl sites for hydroxylation is 4. The van der Waals surface area contributed by atoms with Crippen molar-refractivity contribution in [2.45, 2.75) is 47.4 Å². The van der Waals surface area contributed by atoms with Crippen molar-refractivity contribution in [3.8, 4) is 56.0 Å². The molecule has 0 amide bonds. The summed E-state index contributed by atoms with van der Waals surface area (Å²) in [6.45, 7) is 8.00. The molecule has 0 saturated heterocycles. The van der Waals surface area contributed by atoms with Crippen LogP contribution in [0.5, 0.6) is 0 Å². The zero-order valence-electron chi connectivity index (χ0n) is 36.3. The number of furan rings is 1. The fourth-order valence-corrected chi connectivity index (χ4v) is 7.08. The van der Waals surface area contributed by atoms with Crippen molar-refractivity contribution < 1.29 is 30.0 Å². The van der Waals surface area contributed by atoms with Gasteiger partial charge >= 0.3 is 0 Å². The van der Waals surface area contributed by atoms with Gasteiger partial charge in [-0.25, -0.2) is 0 Å². The minimum Gasteiger partial charge on any atom is -0.501 e. The molecule has 9 aromatic rings. The summed E-state index contributed by atoms with van der Waals surface area (Å²) >= 11 is 0. The standard InChI is InChI=1S/C36H26N3O.C15H16N.Ir/c1-22-17-27(25-11-13-26(14-12-25)33-21-37-15-16-38-33)18-23(2)35(22)31-19-32(39-20-24(31)3)30-9-6-8-29-28-7-4-5-10-34(28)40-36(29)30;1-11(2)14-8-9-15(16-10-14)13-6-4-12(3)5-7-13;/h4-8,10-21H,1-3H3;4-6,8-11H,1-3H3;/q2*-1;/i;3D3,11D;. The Morgan fingerprint density at radius 3 is 2.12 bits per heavy atom. The van der Waals surface area contributed by atoms with Crippen molar-refractivity contribution in [1.82, 2.24) is 19.9 Å². The minimum absolute atomic E-state index is 0. The molecule has 4 aromatic heterocycles. The molecule has 0 aliphatic heterocycles. The fourth-order valence-electron chi connectivity index (χ4n) is 7.08. The van der Waals surface area contributed by atoms with Crippen molar-refractivity contribution in [2.75, 3.05) is 0 Å². The molecular formula is C51H42IrN4O-2. The van der Waals surface area contributed by atoms with Crippen LogP contribution in [0.2, 0.25) is 0 Å². The third-order valence-electron chi connectivity index (χ3n) is 10.0. The summed E-state index contributed by atoms with van der Waals surface area (Å²) in [6, 6.07) is 42.2. The Labute approximate surface area is 353 Å². The van der Waals surface area contributed by atoms with Gasteiger partial charge in [-0.05, 0) is 88.6 Å². The van der Waals surface area contributed by atoms with Crippen LogP contribution in [0.25, 0.3) is 78.0 Å². The van der Waals surface area contributed by atoms with E-state index in [0.717, 1.165) is 66.8 Å². The van der Waals surface area contributed by atoms with E-state index >= 15 is 0 Å². The summed E-state index contributed by atoms with van der Waals surface area (Å²) in [7, 11) is 0. The smallest absolute Gasteiger partial charge is 0.120 e. The van der Waals surface area contributed by atoms with Crippen molar-refractivity contribution >= 4 is 21.9 Å². The normalized spacial score (nSPS) is 12.4. The van der Waals surface area contributed by atoms with Crippen LogP contribution in [-0.2, 0) is 20.1 Å². The molecule has 0 saturated carbocycles. The average Bonchev–Trinajstić information content (AvgIpc) is 3.63. The summed E-state index contributed by atoms with van der Waals surface area (Å²) in [6.07, 6.45) is 8.83. The van der Waals surface area contributed by atoms with Crippen LogP contribution in [0.4, 0.5) is 0 Å². The second kappa shape index (κ2) is 17.0. The zero-order valence-corrected chi connectivity index (χ0v) is 34.7. The Balaban J connectivity index is 0.000000226. The molecule has 5 nitrogen and oxygen atoms in total. The summed E-state index contributed by atoms with van der Waals surface area (Å²) < 4.78 is 36.2. The molecule has 5 aromatic carbocycles. The van der Waals surface area contributed by atoms with Crippen LogP contribution in [0, 0.1) is 39.8 Å². The number of nitrogens with zero attached hydrogens (tertiary/aromatic N) is 4. The maximum absolute atomic E-state index is 7.93. The minimum atomic E-state index is -2.11. The van der Waals surface area contributed by atoms with Gasteiger partial charge in [-0.3, -0.25) is 9.97 Å². The molecule has 0 unspecified atom stereocenters. The molecule has 0 fully saturated rings. The van der Waals surface area contributed by atoms with Gasteiger partial charge in [0.15, 0.2) is 0 Å². The summed E-state index contributed by atoms with van der Waals surface area (Å²) in [5.41, 5.74) is 16.3. The molecule has 4 heterocycles. The Kier molecular flexibility index (Phi) is 10.2. The van der Waals surface area contributed by atoms with Gasteiger partial charge in [0.05, 0.1) is 17.5 Å². The molecule has 0 N–H and O–H groups in total. The predicted molar refractivity (Wildman–Crippen MR) is 229 cm³/mol. The number of hydrogen-bond donors (Lipinski definition) is 0. The first kappa shape index (κ1) is 34.2. The number of pyridine rings is 2. The van der Waals surface area contributed by atoms with Gasteiger partial charge in [0.2, 0.25) is 0 Å². The van der Waals surface area contributed by atoms with E-state index in [1.54, 1.807) is 50.8 Å². The van der Waals surface area contributed by atoms with Crippen LogP contribution >= 0.6 is 0 Å². The molecule has 0 bridgehead atoms. The Bertz CT molecular complexity index is 2880. The second-order valence-electron chi connectivity index (χ2n) is 14.2. The first-order chi connectivity index (χ1) is 28.7. The van der Waals surface area contributed by atoms with E-state index in [9.17, 15) is 0 Å². The topological polar surface area (TPSA) is 64.7 Å². The van der Waals surface area contributed by atoms with E-state index < -0.39 is 12.7 Å². The van der Waals surface area contributed by atoms with E-state index in [2.05, 4.69) is 102 Å². The quantitative estimate of drug-likeness (QED) is 0.155. The van der Waals surface area contributed by atoms with Crippen molar-refractivity contribution in [3.05, 3.63) is 180 Å². The molecule has 0 spiro atoms. The molecule has 0 atom stereocenters. The second-order valence-corrected chi connectivity index (χ2v) is 14.2. The van der Waals surface area contributed by atoms with Crippen molar-refractivity contribution in [3.63, 3.8) is 0 Å². The van der Waals surface area contributed by atoms with Gasteiger partial charge < -0.3 is 14.4 Å². The summed E-state index contributed by atoms with van der Waals surface area (Å²) in [5.74, 6) is -0.680. The molecule has 283 valence electrons. The fraction of sp³-hybridized carbons (Fsp3) is 0.137. The molecule has 6 heteroatoms. The molecule has 57 heavy (non-hydrogen) atoms. The number of hydrogen-bond acceptors (Lipinski definition) is 5. The van der Waals surface area contributed by atoms with Crippen molar-refractivity contribution in [1.29, 1.82) is 0 Å². The van der Waals surface area contributed by atoms with Gasteiger partial charge in [0.1, 0.15) is 5.58 Å². The van der Waals surface area contributed by atoms with E-state index in [1.165, 1.54) is 39.4 Å². The summed E-state index contributed by atoms with van der Waals surface area (Å²) in [5, 5.41) is 2.18. The number of fused-ring (bicyclic) bond motifs is 3. The van der Waals surface area contributed by atoms with Gasteiger partial charge in [-0.1, -0.05) is 104 Å². The molecule has 9 rings (SSSR count). The van der Waals surface area contributed by atoms with Crippen LogP contribution in [0.3, 0.4) is 0 Å². The zero-order chi connectivity index (χ0) is 42.2. The Hall–Kier alpha value is -6.07. The molecular weight excluding hydrogens is 877 g/mol. The Morgan fingerprint density at radius 1 is 0.667 bits per heavy atom. The Morgan fingerprint density at radius 2 is 1.44 bits per heavy atom. The average molecular weight is 923 g/mol. The van der Waals surface area contributed by atoms with Crippen molar-refractivity contribution in [2.24, 2.45) is 0 Å². The summed E-state index contributed by atoms with van der Waals surface area (Å²) in [4.78, 5) is 17.7. The van der Waals surface area contributed by atoms with E-state index in [4.69, 9.17) is 14.9 Å². The first-order valence-corrected chi connectivity index (χ1v) is 18.5. The molecule has 0 aliphatic rings. The largest absolute Gasteiger partial charge is 0.501 e. The number of para-hydroxylation sites is 1. The van der Waals surface area contributed by atoms with Gasteiger partial charge in [0.25, 0.3) is 0 Å². The predicted octanol–water partition coefficient (Wildman–Crippen LogP) is 13.1. The van der Waals surface area contributed by atoms with E-state index in [0.29, 0.717) is 0 Å². The van der Waals surface area contributed by atoms with Crippen LogP contribution in [0.1, 0.15) is 53.0 Å². The van der Waals surface area contributed by atoms with E-state index in [1.807, 2.05) is 42.6 Å². The number of rotatable bonds is 6. The monoisotopic (exact) mass is 923 g/mol. The SMILES string of the molecule is Cc1cnc(-c2[c-]ccc3c2oc2ccccc23)cc1-c1c(C)cc(-c2ccc(-c3cnccn3)cc2)cc1C.[2H]C([2H])([2H])c1c[c-]c(-c2ccc(C([2H])(C)C)cn2)cc1.[Ir]. The molecule has 0 aliphatic carbocycles. The maximum Gasteiger partial charge on any atom is 0.120 e. The molecule has 1 radical (unpaired) electrons. The third kappa shape index (κ3) is 8.25. The van der Waals surface area contributed by atoms with Gasteiger partial charge in [-0.2, -0.15) is 0 Å². The maximum atomic E-state index is 7.93. The van der Waals surface area contributed by atoms with Gasteiger partial charge in [0, 0.05) is 61.3 Å². The van der Waals surface area contributed by atoms with Gasteiger partial charge in [-0.15, -0.1) is 53.6 Å². The number of benzene rings is 5. The third-order valence-corrected chi connectivity index (χ3v) is 10.0. The van der Waals surface area contributed by atoms with Crippen LogP contribution in [-0.4, -0.2) is 19.9 Å². The first-order valence-electron chi connectivity index (χ1n) is 20.5. The van der Waals surface area contributed by atoms with Crippen LogP contribution < -0.4 is 0 Å². The van der Waals surface area contributed by atoms with Crippen LogP contribution in [0.15, 0.2) is 145 Å². The number of aromatic nitrogens is 4.